The van der Waals surface area contributed by atoms with E-state index in [4.69, 9.17) is 22.4 Å². The molecule has 0 saturated carbocycles. The summed E-state index contributed by atoms with van der Waals surface area (Å²) in [6.45, 7) is 0. The monoisotopic (exact) mass is 253 g/mol. The molecule has 0 bridgehead atoms. The molecule has 0 fully saturated rings. The van der Waals surface area contributed by atoms with Crippen LogP contribution in [0.5, 0.6) is 0 Å². The third-order valence-electron chi connectivity index (χ3n) is 2.64. The Labute approximate surface area is 103 Å². The molecule has 1 atom stereocenters. The molecular weight excluding hydrogens is 242 g/mol. The van der Waals surface area contributed by atoms with Gasteiger partial charge in [-0.2, -0.15) is 5.10 Å². The Balaban J connectivity index is 2.31. The number of nitrogens with one attached hydrogen (secondary N) is 1. The molecule has 4 N–H and O–H groups in total. The Morgan fingerprint density at radius 2 is 2.35 bits per heavy atom. The lowest BCUT2D eigenvalue weighted by Gasteiger charge is -2.10. The van der Waals surface area contributed by atoms with Crippen molar-refractivity contribution in [1.82, 2.24) is 10.2 Å². The van der Waals surface area contributed by atoms with Crippen molar-refractivity contribution in [2.24, 2.45) is 5.73 Å². The van der Waals surface area contributed by atoms with Crippen LogP contribution < -0.4 is 5.73 Å². The minimum Gasteiger partial charge on any atom is -0.481 e. The van der Waals surface area contributed by atoms with Gasteiger partial charge in [0.2, 0.25) is 0 Å². The fourth-order valence-electron chi connectivity index (χ4n) is 1.76. The summed E-state index contributed by atoms with van der Waals surface area (Å²) in [6.07, 6.45) is 0.411. The van der Waals surface area contributed by atoms with E-state index in [1.807, 2.05) is 18.2 Å². The highest BCUT2D eigenvalue weighted by atomic mass is 35.5. The standard InChI is InChI=1S/C11H12ClN3O2/c12-11-7-3-1-2-6(10(7)14-15-11)8(13)4-5-9(16)17/h1-3,8H,4-5,13H2,(H,14,15)(H,16,17). The number of fused-ring (bicyclic) bond motifs is 1. The van der Waals surface area contributed by atoms with Gasteiger partial charge in [-0.1, -0.05) is 23.7 Å². The number of carboxylic acid groups (broad SMARTS) is 1. The average Bonchev–Trinajstić information content (AvgIpc) is 2.68. The molecular formula is C11H12ClN3O2. The lowest BCUT2D eigenvalue weighted by molar-refractivity contribution is -0.137. The van der Waals surface area contributed by atoms with Gasteiger partial charge >= 0.3 is 5.97 Å². The fourth-order valence-corrected chi connectivity index (χ4v) is 1.96. The van der Waals surface area contributed by atoms with Crippen molar-refractivity contribution in [3.05, 3.63) is 28.9 Å². The second-order valence-electron chi connectivity index (χ2n) is 3.82. The first-order valence-corrected chi connectivity index (χ1v) is 5.57. The van der Waals surface area contributed by atoms with E-state index in [9.17, 15) is 4.79 Å². The summed E-state index contributed by atoms with van der Waals surface area (Å²) >= 11 is 5.92. The predicted octanol–water partition coefficient (Wildman–Crippen LogP) is 2.08. The summed E-state index contributed by atoms with van der Waals surface area (Å²) in [5.41, 5.74) is 7.47. The highest BCUT2D eigenvalue weighted by molar-refractivity contribution is 6.34. The second kappa shape index (κ2) is 4.73. The molecule has 1 unspecified atom stereocenters. The molecule has 90 valence electrons. The SMILES string of the molecule is NC(CCC(=O)O)c1cccc2c(Cl)[nH]nc12. The Kier molecular flexibility index (Phi) is 3.31. The Morgan fingerprint density at radius 1 is 1.59 bits per heavy atom. The number of benzene rings is 1. The van der Waals surface area contributed by atoms with E-state index < -0.39 is 5.97 Å². The quantitative estimate of drug-likeness (QED) is 0.778. The zero-order valence-corrected chi connectivity index (χ0v) is 9.74. The average molecular weight is 254 g/mol. The molecule has 0 spiro atoms. The zero-order chi connectivity index (χ0) is 12.4. The molecule has 2 aromatic rings. The van der Waals surface area contributed by atoms with Crippen LogP contribution in [0.25, 0.3) is 10.9 Å². The van der Waals surface area contributed by atoms with Crippen LogP contribution in [0.2, 0.25) is 5.15 Å². The summed E-state index contributed by atoms with van der Waals surface area (Å²) < 4.78 is 0. The highest BCUT2D eigenvalue weighted by Gasteiger charge is 2.14. The van der Waals surface area contributed by atoms with Crippen molar-refractivity contribution in [1.29, 1.82) is 0 Å². The van der Waals surface area contributed by atoms with Crippen molar-refractivity contribution in [3.63, 3.8) is 0 Å². The summed E-state index contributed by atoms with van der Waals surface area (Å²) in [4.78, 5) is 10.5. The van der Waals surface area contributed by atoms with Gasteiger partial charge in [-0.3, -0.25) is 9.89 Å². The molecule has 0 aliphatic heterocycles. The number of halogens is 1. The second-order valence-corrected chi connectivity index (χ2v) is 4.20. The van der Waals surface area contributed by atoms with Gasteiger partial charge in [-0.25, -0.2) is 0 Å². The third kappa shape index (κ3) is 2.40. The van der Waals surface area contributed by atoms with E-state index in [1.54, 1.807) is 0 Å². The number of para-hydroxylation sites is 1. The Hall–Kier alpha value is -1.59. The van der Waals surface area contributed by atoms with Gasteiger partial charge in [-0.15, -0.1) is 0 Å². The number of carboxylic acids is 1. The third-order valence-corrected chi connectivity index (χ3v) is 2.93. The van der Waals surface area contributed by atoms with E-state index >= 15 is 0 Å². The first-order chi connectivity index (χ1) is 8.09. The lowest BCUT2D eigenvalue weighted by atomic mass is 10.0. The van der Waals surface area contributed by atoms with E-state index in [0.29, 0.717) is 17.1 Å². The topological polar surface area (TPSA) is 92.0 Å². The molecule has 1 aromatic carbocycles. The van der Waals surface area contributed by atoms with Crippen LogP contribution in [0.3, 0.4) is 0 Å². The van der Waals surface area contributed by atoms with Gasteiger partial charge in [0.1, 0.15) is 5.15 Å². The maximum atomic E-state index is 10.5. The summed E-state index contributed by atoms with van der Waals surface area (Å²) in [7, 11) is 0. The number of aromatic nitrogens is 2. The van der Waals surface area contributed by atoms with Gasteiger partial charge in [0.25, 0.3) is 0 Å². The number of rotatable bonds is 4. The van der Waals surface area contributed by atoms with Crippen molar-refractivity contribution in [2.45, 2.75) is 18.9 Å². The maximum Gasteiger partial charge on any atom is 0.303 e. The molecule has 0 aliphatic carbocycles. The van der Waals surface area contributed by atoms with Crippen molar-refractivity contribution in [2.75, 3.05) is 0 Å². The molecule has 6 heteroatoms. The molecule has 17 heavy (non-hydrogen) atoms. The smallest absolute Gasteiger partial charge is 0.303 e. The zero-order valence-electron chi connectivity index (χ0n) is 8.98. The number of aliphatic carboxylic acids is 1. The fraction of sp³-hybridized carbons (Fsp3) is 0.273. The van der Waals surface area contributed by atoms with Crippen molar-refractivity contribution in [3.8, 4) is 0 Å². The Morgan fingerprint density at radius 3 is 3.06 bits per heavy atom. The van der Waals surface area contributed by atoms with Gasteiger partial charge < -0.3 is 10.8 Å². The molecule has 0 aliphatic rings. The van der Waals surface area contributed by atoms with E-state index in [0.717, 1.165) is 10.9 Å². The number of hydrogen-bond donors (Lipinski definition) is 3. The van der Waals surface area contributed by atoms with Gasteiger partial charge in [0.15, 0.2) is 0 Å². The van der Waals surface area contributed by atoms with Crippen molar-refractivity contribution >= 4 is 28.5 Å². The predicted molar refractivity (Wildman–Crippen MR) is 64.9 cm³/mol. The van der Waals surface area contributed by atoms with Crippen LogP contribution in [0.1, 0.15) is 24.4 Å². The molecule has 0 amide bonds. The maximum absolute atomic E-state index is 10.5. The van der Waals surface area contributed by atoms with Crippen LogP contribution in [-0.4, -0.2) is 21.3 Å². The number of nitrogens with zero attached hydrogens (tertiary/aromatic N) is 1. The molecule has 5 nitrogen and oxygen atoms in total. The first-order valence-electron chi connectivity index (χ1n) is 5.19. The Bertz CT molecular complexity index is 553. The molecule has 0 saturated heterocycles. The minimum atomic E-state index is -0.854. The molecule has 2 rings (SSSR count). The van der Waals surface area contributed by atoms with Crippen LogP contribution in [0.4, 0.5) is 0 Å². The number of aromatic amines is 1. The molecule has 1 heterocycles. The summed E-state index contributed by atoms with van der Waals surface area (Å²) in [6, 6.07) is 5.16. The van der Waals surface area contributed by atoms with Crippen LogP contribution in [0.15, 0.2) is 18.2 Å². The number of nitrogens with two attached hydrogens (primary N) is 1. The van der Waals surface area contributed by atoms with Crippen molar-refractivity contribution < 1.29 is 9.90 Å². The largest absolute Gasteiger partial charge is 0.481 e. The molecule has 0 radical (unpaired) electrons. The van der Waals surface area contributed by atoms with Gasteiger partial charge in [0, 0.05) is 17.8 Å². The van der Waals surface area contributed by atoms with E-state index in [1.165, 1.54) is 0 Å². The van der Waals surface area contributed by atoms with Gasteiger partial charge in [-0.05, 0) is 18.1 Å². The lowest BCUT2D eigenvalue weighted by Crippen LogP contribution is -2.12. The van der Waals surface area contributed by atoms with Gasteiger partial charge in [0.05, 0.1) is 5.52 Å². The number of H-pyrrole nitrogens is 1. The first kappa shape index (κ1) is 11.9. The molecule has 1 aromatic heterocycles. The minimum absolute atomic E-state index is 0.0374. The van der Waals surface area contributed by atoms with Crippen LogP contribution in [0, 0.1) is 0 Å². The summed E-state index contributed by atoms with van der Waals surface area (Å²) in [5, 5.41) is 16.7. The summed E-state index contributed by atoms with van der Waals surface area (Å²) in [5.74, 6) is -0.854. The van der Waals surface area contributed by atoms with Crippen LogP contribution >= 0.6 is 11.6 Å². The van der Waals surface area contributed by atoms with Crippen LogP contribution in [-0.2, 0) is 4.79 Å². The number of carbonyl (C=O) groups is 1. The number of hydrogen-bond acceptors (Lipinski definition) is 3. The van der Waals surface area contributed by atoms with E-state index in [-0.39, 0.29) is 12.5 Å². The highest BCUT2D eigenvalue weighted by Crippen LogP contribution is 2.27. The van der Waals surface area contributed by atoms with E-state index in [2.05, 4.69) is 10.2 Å². The normalized spacial score (nSPS) is 12.8.